The van der Waals surface area contributed by atoms with Crippen LogP contribution in [0.5, 0.6) is 0 Å². The Morgan fingerprint density at radius 1 is 0.862 bits per heavy atom. The number of hydrogen-bond acceptors (Lipinski definition) is 4. The lowest BCUT2D eigenvalue weighted by Gasteiger charge is -2.37. The number of amides is 3. The van der Waals surface area contributed by atoms with Gasteiger partial charge >= 0.3 is 0 Å². The topological polar surface area (TPSA) is 60.9 Å². The molecule has 0 aromatic heterocycles. The molecule has 3 amide bonds. The maximum Gasteiger partial charge on any atom is 0.262 e. The van der Waals surface area contributed by atoms with Crippen molar-refractivity contribution in [2.75, 3.05) is 32.7 Å². The van der Waals surface area contributed by atoms with Crippen LogP contribution in [0.1, 0.15) is 33.2 Å². The molecule has 1 saturated heterocycles. The van der Waals surface area contributed by atoms with E-state index in [0.717, 1.165) is 25.2 Å². The zero-order valence-corrected chi connectivity index (χ0v) is 16.6. The molecule has 1 atom stereocenters. The minimum atomic E-state index is -0.835. The van der Waals surface area contributed by atoms with Crippen molar-refractivity contribution in [1.82, 2.24) is 14.7 Å². The van der Waals surface area contributed by atoms with Crippen LogP contribution in [-0.4, -0.2) is 71.2 Å². The van der Waals surface area contributed by atoms with Gasteiger partial charge in [-0.15, -0.1) is 0 Å². The maximum absolute atomic E-state index is 13.5. The molecule has 2 aromatic rings. The van der Waals surface area contributed by atoms with Crippen LogP contribution in [0, 0.1) is 0 Å². The summed E-state index contributed by atoms with van der Waals surface area (Å²) in [5.41, 5.74) is 1.67. The molecule has 0 N–H and O–H groups in total. The van der Waals surface area contributed by atoms with Crippen molar-refractivity contribution in [3.8, 4) is 0 Å². The average Bonchev–Trinajstić information content (AvgIpc) is 3.03. The standard InChI is InChI=1S/C23H25N3O3/c1-2-24-12-14-25(15-13-24)23(29)20(16-17-8-4-3-5-9-17)26-21(27)18-10-6-7-11-19(18)22(26)28/h3-11,20H,2,12-16H2,1H3/t20-/m1/s1. The Labute approximate surface area is 170 Å². The second-order valence-corrected chi connectivity index (χ2v) is 7.49. The fourth-order valence-corrected chi connectivity index (χ4v) is 4.11. The molecule has 150 valence electrons. The van der Waals surface area contributed by atoms with Gasteiger partial charge in [0.25, 0.3) is 11.8 Å². The van der Waals surface area contributed by atoms with E-state index in [0.29, 0.717) is 30.6 Å². The Morgan fingerprint density at radius 3 is 1.97 bits per heavy atom. The van der Waals surface area contributed by atoms with Gasteiger partial charge in [0, 0.05) is 32.6 Å². The molecule has 4 rings (SSSR count). The van der Waals surface area contributed by atoms with Crippen molar-refractivity contribution in [3.05, 3.63) is 71.3 Å². The summed E-state index contributed by atoms with van der Waals surface area (Å²) in [6, 6.07) is 15.5. The first-order valence-electron chi connectivity index (χ1n) is 10.1. The van der Waals surface area contributed by atoms with Crippen LogP contribution in [0.4, 0.5) is 0 Å². The number of piperazine rings is 1. The molecule has 0 spiro atoms. The molecule has 2 aromatic carbocycles. The molecule has 0 radical (unpaired) electrons. The van der Waals surface area contributed by atoms with E-state index in [-0.39, 0.29) is 17.7 Å². The lowest BCUT2D eigenvalue weighted by molar-refractivity contribution is -0.137. The predicted octanol–water partition coefficient (Wildman–Crippen LogP) is 2.06. The summed E-state index contributed by atoms with van der Waals surface area (Å²) < 4.78 is 0. The summed E-state index contributed by atoms with van der Waals surface area (Å²) in [7, 11) is 0. The average molecular weight is 391 g/mol. The van der Waals surface area contributed by atoms with Gasteiger partial charge in [-0.1, -0.05) is 49.4 Å². The second-order valence-electron chi connectivity index (χ2n) is 7.49. The summed E-state index contributed by atoms with van der Waals surface area (Å²) >= 11 is 0. The van der Waals surface area contributed by atoms with E-state index in [1.807, 2.05) is 30.3 Å². The molecule has 2 aliphatic heterocycles. The molecular weight excluding hydrogens is 366 g/mol. The van der Waals surface area contributed by atoms with Gasteiger partial charge in [0.1, 0.15) is 6.04 Å². The van der Waals surface area contributed by atoms with Crippen LogP contribution < -0.4 is 0 Å². The summed E-state index contributed by atoms with van der Waals surface area (Å²) in [6.45, 7) is 5.90. The quantitative estimate of drug-likeness (QED) is 0.732. The highest BCUT2D eigenvalue weighted by molar-refractivity contribution is 6.22. The normalized spacial score (nSPS) is 18.1. The van der Waals surface area contributed by atoms with E-state index in [9.17, 15) is 14.4 Å². The highest BCUT2D eigenvalue weighted by atomic mass is 16.2. The lowest BCUT2D eigenvalue weighted by Crippen LogP contribution is -2.56. The molecule has 6 heteroatoms. The van der Waals surface area contributed by atoms with Crippen molar-refractivity contribution >= 4 is 17.7 Å². The summed E-state index contributed by atoms with van der Waals surface area (Å²) in [5, 5.41) is 0. The van der Waals surface area contributed by atoms with Crippen LogP contribution in [0.2, 0.25) is 0 Å². The minimum absolute atomic E-state index is 0.154. The molecule has 6 nitrogen and oxygen atoms in total. The Bertz CT molecular complexity index is 885. The van der Waals surface area contributed by atoms with Gasteiger partial charge in [-0.3, -0.25) is 19.3 Å². The fraction of sp³-hybridized carbons (Fsp3) is 0.348. The van der Waals surface area contributed by atoms with E-state index in [1.165, 1.54) is 4.90 Å². The van der Waals surface area contributed by atoms with E-state index < -0.39 is 6.04 Å². The Hall–Kier alpha value is -2.99. The Morgan fingerprint density at radius 2 is 1.41 bits per heavy atom. The number of nitrogens with zero attached hydrogens (tertiary/aromatic N) is 3. The summed E-state index contributed by atoms with van der Waals surface area (Å²) in [5.74, 6) is -0.918. The van der Waals surface area contributed by atoms with Crippen LogP contribution in [-0.2, 0) is 11.2 Å². The van der Waals surface area contributed by atoms with E-state index in [4.69, 9.17) is 0 Å². The Kier molecular flexibility index (Phi) is 5.45. The zero-order chi connectivity index (χ0) is 20.4. The number of benzene rings is 2. The number of rotatable bonds is 5. The largest absolute Gasteiger partial charge is 0.338 e. The third kappa shape index (κ3) is 3.68. The van der Waals surface area contributed by atoms with Crippen LogP contribution in [0.15, 0.2) is 54.6 Å². The highest BCUT2D eigenvalue weighted by Crippen LogP contribution is 2.27. The van der Waals surface area contributed by atoms with E-state index >= 15 is 0 Å². The van der Waals surface area contributed by atoms with Crippen LogP contribution >= 0.6 is 0 Å². The molecule has 29 heavy (non-hydrogen) atoms. The zero-order valence-electron chi connectivity index (χ0n) is 16.6. The van der Waals surface area contributed by atoms with E-state index in [1.54, 1.807) is 29.2 Å². The molecule has 0 unspecified atom stereocenters. The summed E-state index contributed by atoms with van der Waals surface area (Å²) in [6.07, 6.45) is 0.319. The number of hydrogen-bond donors (Lipinski definition) is 0. The van der Waals surface area contributed by atoms with Gasteiger partial charge in [0.05, 0.1) is 11.1 Å². The van der Waals surface area contributed by atoms with Crippen molar-refractivity contribution in [2.45, 2.75) is 19.4 Å². The number of likely N-dealkylation sites (N-methyl/N-ethyl adjacent to an activating group) is 1. The first-order chi connectivity index (χ1) is 14.1. The SMILES string of the molecule is CCN1CCN(C(=O)[C@@H](Cc2ccccc2)N2C(=O)c3ccccc3C2=O)CC1. The van der Waals surface area contributed by atoms with Crippen molar-refractivity contribution < 1.29 is 14.4 Å². The van der Waals surface area contributed by atoms with E-state index in [2.05, 4.69) is 11.8 Å². The number of fused-ring (bicyclic) bond motifs is 1. The molecule has 1 fully saturated rings. The maximum atomic E-state index is 13.5. The van der Waals surface area contributed by atoms with Gasteiger partial charge in [-0.05, 0) is 24.2 Å². The van der Waals surface area contributed by atoms with Gasteiger partial charge in [-0.25, -0.2) is 0 Å². The van der Waals surface area contributed by atoms with Crippen LogP contribution in [0.25, 0.3) is 0 Å². The molecule has 0 aliphatic carbocycles. The van der Waals surface area contributed by atoms with Crippen LogP contribution in [0.3, 0.4) is 0 Å². The first kappa shape index (κ1) is 19.3. The number of imide groups is 1. The van der Waals surface area contributed by atoms with Gasteiger partial charge in [0.15, 0.2) is 0 Å². The minimum Gasteiger partial charge on any atom is -0.338 e. The molecular formula is C23H25N3O3. The van der Waals surface area contributed by atoms with Gasteiger partial charge < -0.3 is 9.80 Å². The van der Waals surface area contributed by atoms with Gasteiger partial charge in [0.2, 0.25) is 5.91 Å². The lowest BCUT2D eigenvalue weighted by atomic mass is 10.0. The third-order valence-electron chi connectivity index (χ3n) is 5.83. The number of carbonyl (C=O) groups excluding carboxylic acids is 3. The summed E-state index contributed by atoms with van der Waals surface area (Å²) in [4.78, 5) is 44.8. The number of carbonyl (C=O) groups is 3. The van der Waals surface area contributed by atoms with Crippen molar-refractivity contribution in [2.24, 2.45) is 0 Å². The fourth-order valence-electron chi connectivity index (χ4n) is 4.11. The third-order valence-corrected chi connectivity index (χ3v) is 5.83. The highest BCUT2D eigenvalue weighted by Gasteiger charge is 2.44. The first-order valence-corrected chi connectivity index (χ1v) is 10.1. The smallest absolute Gasteiger partial charge is 0.262 e. The second kappa shape index (κ2) is 8.17. The molecule has 2 aliphatic rings. The van der Waals surface area contributed by atoms with Crippen molar-refractivity contribution in [3.63, 3.8) is 0 Å². The molecule has 0 bridgehead atoms. The van der Waals surface area contributed by atoms with Gasteiger partial charge in [-0.2, -0.15) is 0 Å². The Balaban J connectivity index is 1.64. The monoisotopic (exact) mass is 391 g/mol. The van der Waals surface area contributed by atoms with Crippen molar-refractivity contribution in [1.29, 1.82) is 0 Å². The predicted molar refractivity (Wildman–Crippen MR) is 110 cm³/mol. The molecule has 2 heterocycles. The molecule has 0 saturated carbocycles.